The lowest BCUT2D eigenvalue weighted by Gasteiger charge is -2.24. The Labute approximate surface area is 125 Å². The number of hydrogen-bond acceptors (Lipinski definition) is 3. The summed E-state index contributed by atoms with van der Waals surface area (Å²) in [6, 6.07) is 3.83. The molecule has 2 amide bonds. The van der Waals surface area contributed by atoms with E-state index < -0.39 is 23.3 Å². The fourth-order valence-corrected chi connectivity index (χ4v) is 3.71. The zero-order valence-electron chi connectivity index (χ0n) is 11.0. The molecular formula is C15H11ClFNO3. The van der Waals surface area contributed by atoms with Crippen molar-refractivity contribution in [3.8, 4) is 0 Å². The van der Waals surface area contributed by atoms with Crippen molar-refractivity contribution in [2.24, 2.45) is 11.8 Å². The number of rotatable bonds is 1. The molecule has 4 atom stereocenters. The van der Waals surface area contributed by atoms with Crippen molar-refractivity contribution in [2.75, 3.05) is 4.90 Å². The number of benzene rings is 1. The number of hydrogen-bond donors (Lipinski definition) is 0. The molecule has 0 radical (unpaired) electrons. The fourth-order valence-electron chi connectivity index (χ4n) is 3.53. The van der Waals surface area contributed by atoms with Crippen LogP contribution >= 0.6 is 11.6 Å². The van der Waals surface area contributed by atoms with E-state index in [1.807, 2.05) is 12.2 Å². The first-order chi connectivity index (χ1) is 9.92. The number of carbonyl (C=O) groups is 2. The van der Waals surface area contributed by atoms with Crippen molar-refractivity contribution in [1.29, 1.82) is 0 Å². The lowest BCUT2D eigenvalue weighted by molar-refractivity contribution is -0.126. The van der Waals surface area contributed by atoms with Gasteiger partial charge in [-0.1, -0.05) is 23.8 Å². The second-order valence-corrected chi connectivity index (χ2v) is 6.15. The van der Waals surface area contributed by atoms with Gasteiger partial charge in [0.25, 0.3) is 0 Å². The molecule has 3 aliphatic rings. The van der Waals surface area contributed by atoms with E-state index in [1.165, 1.54) is 12.1 Å². The van der Waals surface area contributed by atoms with Gasteiger partial charge in [0.15, 0.2) is 0 Å². The van der Waals surface area contributed by atoms with Gasteiger partial charge in [0.1, 0.15) is 5.82 Å². The average molecular weight is 308 g/mol. The zero-order valence-corrected chi connectivity index (χ0v) is 11.8. The molecule has 108 valence electrons. The van der Waals surface area contributed by atoms with Crippen LogP contribution in [0.5, 0.6) is 0 Å². The Balaban J connectivity index is 1.78. The van der Waals surface area contributed by atoms with Crippen LogP contribution in [-0.2, 0) is 14.3 Å². The topological polar surface area (TPSA) is 46.6 Å². The quantitative estimate of drug-likeness (QED) is 0.591. The van der Waals surface area contributed by atoms with Crippen LogP contribution < -0.4 is 4.90 Å². The Morgan fingerprint density at radius 1 is 1.33 bits per heavy atom. The van der Waals surface area contributed by atoms with Gasteiger partial charge in [-0.25, -0.2) is 9.29 Å². The molecule has 4 rings (SSSR count). The molecule has 4 unspecified atom stereocenters. The number of carbonyl (C=O) groups excluding carboxylic acids is 2. The molecule has 4 nitrogen and oxygen atoms in total. The summed E-state index contributed by atoms with van der Waals surface area (Å²) in [7, 11) is 0. The van der Waals surface area contributed by atoms with Gasteiger partial charge in [-0.05, 0) is 25.1 Å². The standard InChI is InChI=1S/C15H11ClFNO3/c1-15-5-4-10(21-15)11-12(15)14(20)18(13(11)19)7-2-3-9(17)8(16)6-7/h2-6,10-12H,1H3. The Morgan fingerprint density at radius 3 is 2.76 bits per heavy atom. The summed E-state index contributed by atoms with van der Waals surface area (Å²) in [5, 5.41) is -0.117. The largest absolute Gasteiger partial charge is 0.362 e. The highest BCUT2D eigenvalue weighted by Gasteiger charge is 2.66. The van der Waals surface area contributed by atoms with Crippen molar-refractivity contribution in [3.63, 3.8) is 0 Å². The lowest BCUT2D eigenvalue weighted by Crippen LogP contribution is -2.38. The molecule has 2 bridgehead atoms. The molecule has 0 N–H and O–H groups in total. The first-order valence-electron chi connectivity index (χ1n) is 6.62. The van der Waals surface area contributed by atoms with Crippen LogP contribution in [0.25, 0.3) is 0 Å². The molecule has 3 aliphatic heterocycles. The number of halogens is 2. The minimum absolute atomic E-state index is 0.117. The SMILES string of the molecule is CC12C=CC(O1)C1C(=O)N(c3ccc(F)c(Cl)c3)C(=O)C12. The second-order valence-electron chi connectivity index (χ2n) is 5.74. The molecule has 0 aliphatic carbocycles. The normalized spacial score (nSPS) is 36.7. The summed E-state index contributed by atoms with van der Waals surface area (Å²) in [4.78, 5) is 26.3. The van der Waals surface area contributed by atoms with E-state index in [-0.39, 0.29) is 22.9 Å². The molecular weight excluding hydrogens is 297 g/mol. The molecule has 0 aromatic heterocycles. The molecule has 1 aromatic carbocycles. The number of fused-ring (bicyclic) bond motifs is 5. The van der Waals surface area contributed by atoms with E-state index in [4.69, 9.17) is 16.3 Å². The molecule has 6 heteroatoms. The Kier molecular flexibility index (Phi) is 2.43. The van der Waals surface area contributed by atoms with Crippen LogP contribution in [0.3, 0.4) is 0 Å². The molecule has 0 saturated carbocycles. The monoisotopic (exact) mass is 307 g/mol. The number of ether oxygens (including phenoxy) is 1. The predicted octanol–water partition coefficient (Wildman–Crippen LogP) is 2.31. The third kappa shape index (κ3) is 1.53. The minimum Gasteiger partial charge on any atom is -0.362 e. The Bertz CT molecular complexity index is 719. The molecule has 2 saturated heterocycles. The van der Waals surface area contributed by atoms with Crippen molar-refractivity contribution >= 4 is 29.1 Å². The predicted molar refractivity (Wildman–Crippen MR) is 73.3 cm³/mol. The maximum absolute atomic E-state index is 13.3. The average Bonchev–Trinajstić information content (AvgIpc) is 3.03. The lowest BCUT2D eigenvalue weighted by atomic mass is 9.78. The maximum Gasteiger partial charge on any atom is 0.241 e. The molecule has 2 fully saturated rings. The zero-order chi connectivity index (χ0) is 14.9. The first-order valence-corrected chi connectivity index (χ1v) is 7.00. The summed E-state index contributed by atoms with van der Waals surface area (Å²) in [5.74, 6) is -2.25. The van der Waals surface area contributed by atoms with E-state index in [0.717, 1.165) is 11.0 Å². The van der Waals surface area contributed by atoms with Gasteiger partial charge in [-0.2, -0.15) is 0 Å². The van der Waals surface area contributed by atoms with Gasteiger partial charge in [0.05, 0.1) is 34.3 Å². The highest BCUT2D eigenvalue weighted by molar-refractivity contribution is 6.31. The molecule has 0 spiro atoms. The highest BCUT2D eigenvalue weighted by Crippen LogP contribution is 2.52. The van der Waals surface area contributed by atoms with Gasteiger partial charge in [-0.3, -0.25) is 9.59 Å². The number of imide groups is 1. The van der Waals surface area contributed by atoms with Crippen LogP contribution in [0.4, 0.5) is 10.1 Å². The summed E-state index contributed by atoms with van der Waals surface area (Å²) < 4.78 is 19.0. The highest BCUT2D eigenvalue weighted by atomic mass is 35.5. The van der Waals surface area contributed by atoms with Crippen molar-refractivity contribution in [1.82, 2.24) is 0 Å². The number of nitrogens with zero attached hydrogens (tertiary/aromatic N) is 1. The summed E-state index contributed by atoms with van der Waals surface area (Å²) in [5.41, 5.74) is -0.436. The number of anilines is 1. The van der Waals surface area contributed by atoms with Crippen LogP contribution in [0.1, 0.15) is 6.92 Å². The molecule has 3 heterocycles. The van der Waals surface area contributed by atoms with Gasteiger partial charge in [0.2, 0.25) is 11.8 Å². The van der Waals surface area contributed by atoms with Crippen molar-refractivity contribution < 1.29 is 18.7 Å². The van der Waals surface area contributed by atoms with Crippen LogP contribution in [0, 0.1) is 17.7 Å². The van der Waals surface area contributed by atoms with Gasteiger partial charge in [0, 0.05) is 0 Å². The van der Waals surface area contributed by atoms with E-state index in [0.29, 0.717) is 5.69 Å². The van der Waals surface area contributed by atoms with Crippen molar-refractivity contribution in [2.45, 2.75) is 18.6 Å². The van der Waals surface area contributed by atoms with Crippen LogP contribution in [0.15, 0.2) is 30.4 Å². The van der Waals surface area contributed by atoms with Gasteiger partial charge < -0.3 is 4.74 Å². The second kappa shape index (κ2) is 3.93. The van der Waals surface area contributed by atoms with E-state index >= 15 is 0 Å². The fraction of sp³-hybridized carbons (Fsp3) is 0.333. The summed E-state index contributed by atoms with van der Waals surface area (Å²) in [6.45, 7) is 1.81. The first kappa shape index (κ1) is 13.0. The summed E-state index contributed by atoms with van der Waals surface area (Å²) in [6.07, 6.45) is 3.30. The van der Waals surface area contributed by atoms with Gasteiger partial charge >= 0.3 is 0 Å². The van der Waals surface area contributed by atoms with E-state index in [1.54, 1.807) is 6.92 Å². The minimum atomic E-state index is -0.735. The third-order valence-electron chi connectivity index (χ3n) is 4.49. The molecule has 1 aromatic rings. The van der Waals surface area contributed by atoms with Crippen molar-refractivity contribution in [3.05, 3.63) is 41.2 Å². The Hall–Kier alpha value is -1.72. The summed E-state index contributed by atoms with van der Waals surface area (Å²) >= 11 is 5.74. The van der Waals surface area contributed by atoms with Crippen LogP contribution in [0.2, 0.25) is 5.02 Å². The smallest absolute Gasteiger partial charge is 0.241 e. The Morgan fingerprint density at radius 2 is 2.10 bits per heavy atom. The van der Waals surface area contributed by atoms with Gasteiger partial charge in [-0.15, -0.1) is 0 Å². The van der Waals surface area contributed by atoms with Crippen LogP contribution in [-0.4, -0.2) is 23.5 Å². The molecule has 21 heavy (non-hydrogen) atoms. The maximum atomic E-state index is 13.3. The number of amides is 2. The van der Waals surface area contributed by atoms with E-state index in [2.05, 4.69) is 0 Å². The third-order valence-corrected chi connectivity index (χ3v) is 4.78. The van der Waals surface area contributed by atoms with E-state index in [9.17, 15) is 14.0 Å².